The molecule has 1 aliphatic rings. The van der Waals surface area contributed by atoms with Crippen LogP contribution in [0, 0.1) is 11.8 Å². The van der Waals surface area contributed by atoms with E-state index in [4.69, 9.17) is 5.73 Å². The van der Waals surface area contributed by atoms with Crippen LogP contribution in [0.15, 0.2) is 30.6 Å². The Morgan fingerprint density at radius 1 is 1.31 bits per heavy atom. The Hall–Kier alpha value is -2.54. The van der Waals surface area contributed by atoms with Crippen LogP contribution in [-0.2, 0) is 12.8 Å². The molecule has 0 aliphatic carbocycles. The van der Waals surface area contributed by atoms with Gasteiger partial charge < -0.3 is 15.7 Å². The van der Waals surface area contributed by atoms with Crippen LogP contribution in [0.5, 0.6) is 0 Å². The highest BCUT2D eigenvalue weighted by Gasteiger charge is 2.35. The number of aliphatic hydroxyl groups excluding tert-OH is 1. The van der Waals surface area contributed by atoms with Gasteiger partial charge in [0.05, 0.1) is 6.10 Å². The number of nitrogens with two attached hydrogens (primary N) is 1. The van der Waals surface area contributed by atoms with Gasteiger partial charge in [-0.25, -0.2) is 9.97 Å². The minimum absolute atomic E-state index is 0.00401. The van der Waals surface area contributed by atoms with Crippen molar-refractivity contribution in [2.45, 2.75) is 32.8 Å². The van der Waals surface area contributed by atoms with Crippen molar-refractivity contribution in [1.29, 1.82) is 0 Å². The summed E-state index contributed by atoms with van der Waals surface area (Å²) in [5.74, 6) is 0.307. The molecule has 3 heterocycles. The van der Waals surface area contributed by atoms with Crippen LogP contribution < -0.4 is 5.73 Å². The zero-order chi connectivity index (χ0) is 18.7. The molecule has 2 atom stereocenters. The standard InChI is InChI=1S/C19H25N5O2/c1-12(2)7-15-9-16(23-19(20)22-15)18(26)24-10-14(17(25)11-24)8-13-3-5-21-6-4-13/h3-6,9,12,14,17,25H,7-8,10-11H2,1-2H3,(H2,20,22,23)/t14-,17+/m1/s1. The molecule has 26 heavy (non-hydrogen) atoms. The average Bonchev–Trinajstić information content (AvgIpc) is 2.94. The SMILES string of the molecule is CC(C)Cc1cc(C(=O)N2C[C@@H](Cc3ccncc3)[C@@H](O)C2)nc(N)n1. The number of aromatic nitrogens is 3. The summed E-state index contributed by atoms with van der Waals surface area (Å²) in [6, 6.07) is 5.57. The Labute approximate surface area is 153 Å². The predicted molar refractivity (Wildman–Crippen MR) is 98.3 cm³/mol. The molecule has 1 amide bonds. The number of pyridine rings is 1. The van der Waals surface area contributed by atoms with Gasteiger partial charge in [-0.2, -0.15) is 0 Å². The first kappa shape index (κ1) is 18.3. The molecule has 1 saturated heterocycles. The number of amides is 1. The zero-order valence-electron chi connectivity index (χ0n) is 15.2. The van der Waals surface area contributed by atoms with Crippen LogP contribution in [0.25, 0.3) is 0 Å². The third kappa shape index (κ3) is 4.35. The molecular formula is C19H25N5O2. The van der Waals surface area contributed by atoms with E-state index in [1.165, 1.54) is 0 Å². The van der Waals surface area contributed by atoms with Crippen molar-refractivity contribution in [3.8, 4) is 0 Å². The summed E-state index contributed by atoms with van der Waals surface area (Å²) in [5, 5.41) is 10.4. The van der Waals surface area contributed by atoms with Crippen LogP contribution in [0.2, 0.25) is 0 Å². The van der Waals surface area contributed by atoms with Crippen molar-refractivity contribution in [3.63, 3.8) is 0 Å². The number of hydrogen-bond acceptors (Lipinski definition) is 6. The largest absolute Gasteiger partial charge is 0.391 e. The maximum Gasteiger partial charge on any atom is 0.272 e. The van der Waals surface area contributed by atoms with Gasteiger partial charge in [-0.15, -0.1) is 0 Å². The molecule has 0 saturated carbocycles. The van der Waals surface area contributed by atoms with Gasteiger partial charge in [0.1, 0.15) is 5.69 Å². The molecule has 3 rings (SSSR count). The topological polar surface area (TPSA) is 105 Å². The summed E-state index contributed by atoms with van der Waals surface area (Å²) in [4.78, 5) is 26.8. The summed E-state index contributed by atoms with van der Waals surface area (Å²) < 4.78 is 0. The molecule has 138 valence electrons. The lowest BCUT2D eigenvalue weighted by atomic mass is 9.97. The number of nitrogens with zero attached hydrogens (tertiary/aromatic N) is 4. The van der Waals surface area contributed by atoms with Gasteiger partial charge in [-0.05, 0) is 42.5 Å². The molecule has 1 aliphatic heterocycles. The molecule has 0 radical (unpaired) electrons. The van der Waals surface area contributed by atoms with E-state index in [9.17, 15) is 9.90 Å². The maximum absolute atomic E-state index is 12.8. The van der Waals surface area contributed by atoms with E-state index < -0.39 is 6.10 Å². The average molecular weight is 355 g/mol. The van der Waals surface area contributed by atoms with E-state index in [1.54, 1.807) is 23.4 Å². The molecule has 3 N–H and O–H groups in total. The molecule has 1 fully saturated rings. The van der Waals surface area contributed by atoms with E-state index in [2.05, 4.69) is 28.8 Å². The lowest BCUT2D eigenvalue weighted by Gasteiger charge is -2.16. The van der Waals surface area contributed by atoms with E-state index in [-0.39, 0.29) is 17.8 Å². The Balaban J connectivity index is 1.71. The molecule has 0 unspecified atom stereocenters. The summed E-state index contributed by atoms with van der Waals surface area (Å²) in [7, 11) is 0. The van der Waals surface area contributed by atoms with E-state index in [0.717, 1.165) is 17.7 Å². The fourth-order valence-electron chi connectivity index (χ4n) is 3.35. The summed E-state index contributed by atoms with van der Waals surface area (Å²) >= 11 is 0. The Morgan fingerprint density at radius 3 is 2.73 bits per heavy atom. The lowest BCUT2D eigenvalue weighted by molar-refractivity contribution is 0.0758. The van der Waals surface area contributed by atoms with Gasteiger partial charge in [0, 0.05) is 37.1 Å². The van der Waals surface area contributed by atoms with Crippen LogP contribution in [0.3, 0.4) is 0 Å². The van der Waals surface area contributed by atoms with Crippen molar-refractivity contribution < 1.29 is 9.90 Å². The highest BCUT2D eigenvalue weighted by atomic mass is 16.3. The van der Waals surface area contributed by atoms with E-state index >= 15 is 0 Å². The van der Waals surface area contributed by atoms with Gasteiger partial charge in [0.2, 0.25) is 5.95 Å². The molecule has 0 spiro atoms. The van der Waals surface area contributed by atoms with Crippen molar-refractivity contribution >= 4 is 11.9 Å². The number of β-amino-alcohol motifs (C(OH)–C–C–N with tert-alkyl or cyclic N) is 1. The third-order valence-electron chi connectivity index (χ3n) is 4.57. The third-order valence-corrected chi connectivity index (χ3v) is 4.57. The van der Waals surface area contributed by atoms with Gasteiger partial charge in [-0.3, -0.25) is 9.78 Å². The summed E-state index contributed by atoms with van der Waals surface area (Å²) in [6.45, 7) is 4.96. The number of rotatable bonds is 5. The monoisotopic (exact) mass is 355 g/mol. The van der Waals surface area contributed by atoms with Gasteiger partial charge in [0.25, 0.3) is 5.91 Å². The van der Waals surface area contributed by atoms with Crippen LogP contribution >= 0.6 is 0 Å². The molecule has 7 nitrogen and oxygen atoms in total. The first-order valence-electron chi connectivity index (χ1n) is 8.92. The minimum atomic E-state index is -0.554. The molecule has 7 heteroatoms. The lowest BCUT2D eigenvalue weighted by Crippen LogP contribution is -2.30. The van der Waals surface area contributed by atoms with Crippen LogP contribution in [-0.4, -0.2) is 50.1 Å². The van der Waals surface area contributed by atoms with Crippen molar-refractivity contribution in [3.05, 3.63) is 47.5 Å². The first-order valence-corrected chi connectivity index (χ1v) is 8.92. The van der Waals surface area contributed by atoms with Crippen LogP contribution in [0.1, 0.15) is 35.6 Å². The summed E-state index contributed by atoms with van der Waals surface area (Å²) in [5.41, 5.74) is 7.94. The molecule has 2 aromatic heterocycles. The number of aliphatic hydroxyl groups is 1. The number of nitrogen functional groups attached to an aromatic ring is 1. The molecular weight excluding hydrogens is 330 g/mol. The number of carbonyl (C=O) groups excluding carboxylic acids is 1. The number of anilines is 1. The van der Waals surface area contributed by atoms with E-state index in [0.29, 0.717) is 31.1 Å². The number of carbonyl (C=O) groups is 1. The van der Waals surface area contributed by atoms with Crippen molar-refractivity contribution in [2.24, 2.45) is 11.8 Å². The van der Waals surface area contributed by atoms with Crippen molar-refractivity contribution in [2.75, 3.05) is 18.8 Å². The predicted octanol–water partition coefficient (Wildman–Crippen LogP) is 1.33. The second kappa shape index (κ2) is 7.78. The second-order valence-electron chi connectivity index (χ2n) is 7.30. The highest BCUT2D eigenvalue weighted by molar-refractivity contribution is 5.93. The molecule has 0 bridgehead atoms. The first-order chi connectivity index (χ1) is 12.4. The van der Waals surface area contributed by atoms with Crippen LogP contribution in [0.4, 0.5) is 5.95 Å². The fourth-order valence-corrected chi connectivity index (χ4v) is 3.35. The molecule has 0 aromatic carbocycles. The number of likely N-dealkylation sites (tertiary alicyclic amines) is 1. The van der Waals surface area contributed by atoms with Crippen molar-refractivity contribution in [1.82, 2.24) is 19.9 Å². The Bertz CT molecular complexity index is 766. The number of hydrogen-bond donors (Lipinski definition) is 2. The second-order valence-corrected chi connectivity index (χ2v) is 7.30. The Kier molecular flexibility index (Phi) is 5.46. The van der Waals surface area contributed by atoms with Gasteiger partial charge in [0.15, 0.2) is 0 Å². The maximum atomic E-state index is 12.8. The highest BCUT2D eigenvalue weighted by Crippen LogP contribution is 2.23. The summed E-state index contributed by atoms with van der Waals surface area (Å²) in [6.07, 6.45) is 4.36. The smallest absolute Gasteiger partial charge is 0.272 e. The minimum Gasteiger partial charge on any atom is -0.391 e. The molecule has 2 aromatic rings. The quantitative estimate of drug-likeness (QED) is 0.838. The van der Waals surface area contributed by atoms with E-state index in [1.807, 2.05) is 12.1 Å². The normalized spacial score (nSPS) is 19.9. The zero-order valence-corrected chi connectivity index (χ0v) is 15.2. The Morgan fingerprint density at radius 2 is 2.04 bits per heavy atom. The van der Waals surface area contributed by atoms with Gasteiger partial charge in [-0.1, -0.05) is 13.8 Å². The van der Waals surface area contributed by atoms with Gasteiger partial charge >= 0.3 is 0 Å². The fraction of sp³-hybridized carbons (Fsp3) is 0.474.